The molecule has 1 heterocycles. The van der Waals surface area contributed by atoms with Gasteiger partial charge in [-0.05, 0) is 49.9 Å². The van der Waals surface area contributed by atoms with Gasteiger partial charge in [0.15, 0.2) is 5.78 Å². The van der Waals surface area contributed by atoms with Crippen LogP contribution in [0, 0.1) is 5.92 Å². The molecule has 3 rings (SSSR count). The topological polar surface area (TPSA) is 95.9 Å². The number of urea groups is 1. The third kappa shape index (κ3) is 3.58. The number of ether oxygens (including phenoxy) is 1. The van der Waals surface area contributed by atoms with E-state index in [-0.39, 0.29) is 30.8 Å². The van der Waals surface area contributed by atoms with Gasteiger partial charge in [-0.3, -0.25) is 14.5 Å². The number of carbonyl (C=O) groups excluding carboxylic acids is 3. The third-order valence-corrected chi connectivity index (χ3v) is 5.03. The first-order chi connectivity index (χ1) is 12.3. The van der Waals surface area contributed by atoms with E-state index in [4.69, 9.17) is 4.74 Å². The fourth-order valence-electron chi connectivity index (χ4n) is 3.22. The highest BCUT2D eigenvalue weighted by Gasteiger charge is 2.56. The number of hydrogen-bond donors (Lipinski definition) is 2. The summed E-state index contributed by atoms with van der Waals surface area (Å²) in [6.45, 7) is 3.37. The molecule has 0 bridgehead atoms. The van der Waals surface area contributed by atoms with Crippen molar-refractivity contribution >= 4 is 17.7 Å². The van der Waals surface area contributed by atoms with E-state index in [0.29, 0.717) is 17.7 Å². The molecule has 0 unspecified atom stereocenters. The van der Waals surface area contributed by atoms with Gasteiger partial charge < -0.3 is 15.2 Å². The van der Waals surface area contributed by atoms with Crippen molar-refractivity contribution in [3.63, 3.8) is 0 Å². The summed E-state index contributed by atoms with van der Waals surface area (Å²) in [5, 5.41) is 12.9. The summed E-state index contributed by atoms with van der Waals surface area (Å²) in [5.74, 6) is 0.457. The second-order valence-electron chi connectivity index (χ2n) is 7.09. The molecule has 0 aromatic heterocycles. The van der Waals surface area contributed by atoms with Crippen molar-refractivity contribution in [3.8, 4) is 5.75 Å². The summed E-state index contributed by atoms with van der Waals surface area (Å²) in [4.78, 5) is 37.3. The first kappa shape index (κ1) is 18.4. The highest BCUT2D eigenvalue weighted by atomic mass is 16.5. The zero-order valence-electron chi connectivity index (χ0n) is 15.0. The maximum absolute atomic E-state index is 12.5. The molecule has 3 amide bonds. The molecule has 7 nitrogen and oxygen atoms in total. The molecule has 0 radical (unpaired) electrons. The van der Waals surface area contributed by atoms with Crippen LogP contribution in [0.1, 0.15) is 43.5 Å². The molecule has 2 N–H and O–H groups in total. The minimum absolute atomic E-state index is 0.0499. The molecule has 1 saturated carbocycles. The van der Waals surface area contributed by atoms with Crippen molar-refractivity contribution in [2.24, 2.45) is 5.92 Å². The second-order valence-corrected chi connectivity index (χ2v) is 7.09. The van der Waals surface area contributed by atoms with Gasteiger partial charge in [-0.25, -0.2) is 4.79 Å². The van der Waals surface area contributed by atoms with Gasteiger partial charge in [0.1, 0.15) is 24.0 Å². The van der Waals surface area contributed by atoms with Crippen molar-refractivity contribution in [1.29, 1.82) is 0 Å². The number of ketones is 1. The number of amides is 3. The summed E-state index contributed by atoms with van der Waals surface area (Å²) in [6.07, 6.45) is 1.30. The Kier molecular flexibility index (Phi) is 5.00. The number of aliphatic hydroxyl groups is 1. The van der Waals surface area contributed by atoms with E-state index in [9.17, 15) is 19.5 Å². The Hall–Kier alpha value is -2.41. The van der Waals surface area contributed by atoms with Gasteiger partial charge in [-0.1, -0.05) is 6.92 Å². The number of imide groups is 1. The van der Waals surface area contributed by atoms with Gasteiger partial charge in [-0.15, -0.1) is 0 Å². The van der Waals surface area contributed by atoms with Crippen LogP contribution < -0.4 is 10.1 Å². The van der Waals surface area contributed by atoms with Crippen LogP contribution in [0.15, 0.2) is 24.3 Å². The smallest absolute Gasteiger partial charge is 0.325 e. The molecule has 0 spiro atoms. The quantitative estimate of drug-likeness (QED) is 0.544. The van der Waals surface area contributed by atoms with E-state index < -0.39 is 17.7 Å². The fourth-order valence-corrected chi connectivity index (χ4v) is 3.22. The lowest BCUT2D eigenvalue weighted by atomic mass is 9.96. The molecule has 26 heavy (non-hydrogen) atoms. The van der Waals surface area contributed by atoms with Crippen LogP contribution in [0.5, 0.6) is 5.75 Å². The van der Waals surface area contributed by atoms with Gasteiger partial charge in [0, 0.05) is 12.0 Å². The van der Waals surface area contributed by atoms with E-state index in [2.05, 4.69) is 5.32 Å². The zero-order valence-corrected chi connectivity index (χ0v) is 15.0. The number of rotatable bonds is 8. The van der Waals surface area contributed by atoms with E-state index in [1.54, 1.807) is 38.1 Å². The van der Waals surface area contributed by atoms with Crippen molar-refractivity contribution in [3.05, 3.63) is 29.8 Å². The molecular formula is C19H24N2O5. The first-order valence-electron chi connectivity index (χ1n) is 8.93. The Morgan fingerprint density at radius 1 is 1.35 bits per heavy atom. The summed E-state index contributed by atoms with van der Waals surface area (Å²) < 4.78 is 5.50. The second kappa shape index (κ2) is 7.07. The van der Waals surface area contributed by atoms with Gasteiger partial charge in [0.25, 0.3) is 5.91 Å². The largest absolute Gasteiger partial charge is 0.491 e. The number of carbonyl (C=O) groups is 3. The van der Waals surface area contributed by atoms with E-state index >= 15 is 0 Å². The standard InChI is InChI=1S/C19H24N2O5/c1-3-16(23)12-4-8-15(9-5-12)26-11-14(22)10-21-17(24)19(2,13-6-7-13)20-18(21)25/h4-5,8-9,13-14,22H,3,6-7,10-11H2,1-2H3,(H,20,25)/t14-,19+/m1/s1. The number of hydrogen-bond acceptors (Lipinski definition) is 5. The Bertz CT molecular complexity index is 713. The minimum Gasteiger partial charge on any atom is -0.491 e. The number of aliphatic hydroxyl groups excluding tert-OH is 1. The Labute approximate surface area is 152 Å². The average molecular weight is 360 g/mol. The predicted octanol–water partition coefficient (Wildman–Crippen LogP) is 1.74. The number of nitrogens with zero attached hydrogens (tertiary/aromatic N) is 1. The molecule has 2 fully saturated rings. The van der Waals surface area contributed by atoms with Crippen LogP contribution in [0.2, 0.25) is 0 Å². The Balaban J connectivity index is 1.52. The fraction of sp³-hybridized carbons (Fsp3) is 0.526. The lowest BCUT2D eigenvalue weighted by Crippen LogP contribution is -2.46. The van der Waals surface area contributed by atoms with Crippen LogP contribution in [0.3, 0.4) is 0 Å². The number of Topliss-reactive ketones (excluding diaryl/α,β-unsaturated/α-hetero) is 1. The molecule has 2 aliphatic rings. The number of β-amino-alcohol motifs (C(OH)–C–C–N with tert-alkyl or cyclic N) is 1. The first-order valence-corrected chi connectivity index (χ1v) is 8.93. The normalized spacial score (nSPS) is 23.7. The van der Waals surface area contributed by atoms with E-state index in [1.165, 1.54) is 0 Å². The van der Waals surface area contributed by atoms with Crippen LogP contribution >= 0.6 is 0 Å². The predicted molar refractivity (Wildman–Crippen MR) is 93.9 cm³/mol. The highest BCUT2D eigenvalue weighted by Crippen LogP contribution is 2.42. The molecule has 1 saturated heterocycles. The maximum Gasteiger partial charge on any atom is 0.325 e. The molecule has 1 aromatic carbocycles. The Morgan fingerprint density at radius 2 is 2.00 bits per heavy atom. The molecule has 1 aromatic rings. The minimum atomic E-state index is -0.997. The van der Waals surface area contributed by atoms with Crippen LogP contribution in [0.25, 0.3) is 0 Å². The van der Waals surface area contributed by atoms with E-state index in [1.807, 2.05) is 0 Å². The van der Waals surface area contributed by atoms with Crippen LogP contribution in [-0.2, 0) is 4.79 Å². The monoisotopic (exact) mass is 360 g/mol. The summed E-state index contributed by atoms with van der Waals surface area (Å²) in [5.41, 5.74) is -0.238. The molecule has 1 aliphatic heterocycles. The number of nitrogens with one attached hydrogen (secondary N) is 1. The van der Waals surface area contributed by atoms with Crippen LogP contribution in [-0.4, -0.2) is 52.5 Å². The average Bonchev–Trinajstić information content (AvgIpc) is 3.46. The van der Waals surface area contributed by atoms with Crippen LogP contribution in [0.4, 0.5) is 4.79 Å². The molecular weight excluding hydrogens is 336 g/mol. The van der Waals surface area contributed by atoms with Crippen molar-refractivity contribution in [2.75, 3.05) is 13.2 Å². The third-order valence-electron chi connectivity index (χ3n) is 5.03. The maximum atomic E-state index is 12.5. The SMILES string of the molecule is CCC(=O)c1ccc(OC[C@H](O)CN2C(=O)N[C@@](C)(C3CC3)C2=O)cc1. The van der Waals surface area contributed by atoms with Crippen molar-refractivity contribution in [1.82, 2.24) is 10.2 Å². The van der Waals surface area contributed by atoms with E-state index in [0.717, 1.165) is 17.7 Å². The summed E-state index contributed by atoms with van der Waals surface area (Å²) in [6, 6.07) is 6.20. The molecule has 140 valence electrons. The van der Waals surface area contributed by atoms with Gasteiger partial charge in [-0.2, -0.15) is 0 Å². The lowest BCUT2D eigenvalue weighted by molar-refractivity contribution is -0.132. The van der Waals surface area contributed by atoms with Crippen molar-refractivity contribution < 1.29 is 24.2 Å². The highest BCUT2D eigenvalue weighted by molar-refractivity contribution is 6.07. The van der Waals surface area contributed by atoms with Gasteiger partial charge in [0.2, 0.25) is 0 Å². The molecule has 1 aliphatic carbocycles. The van der Waals surface area contributed by atoms with Gasteiger partial charge >= 0.3 is 6.03 Å². The van der Waals surface area contributed by atoms with Gasteiger partial charge in [0.05, 0.1) is 6.54 Å². The lowest BCUT2D eigenvalue weighted by Gasteiger charge is -2.22. The molecule has 2 atom stereocenters. The summed E-state index contributed by atoms with van der Waals surface area (Å²) in [7, 11) is 0. The number of benzene rings is 1. The molecule has 7 heteroatoms. The zero-order chi connectivity index (χ0) is 18.9. The Morgan fingerprint density at radius 3 is 2.58 bits per heavy atom. The summed E-state index contributed by atoms with van der Waals surface area (Å²) >= 11 is 0. The van der Waals surface area contributed by atoms with Crippen molar-refractivity contribution in [2.45, 2.75) is 44.8 Å².